The highest BCUT2D eigenvalue weighted by molar-refractivity contribution is 6.04. The topological polar surface area (TPSA) is 97.3 Å². The van der Waals surface area contributed by atoms with Gasteiger partial charge in [-0.1, -0.05) is 12.1 Å². The highest BCUT2D eigenvalue weighted by atomic mass is 16.5. The summed E-state index contributed by atoms with van der Waals surface area (Å²) in [7, 11) is 3.50. The summed E-state index contributed by atoms with van der Waals surface area (Å²) in [5.74, 6) is 0.633. The number of hydrogen-bond acceptors (Lipinski definition) is 6. The first-order valence-electron chi connectivity index (χ1n) is 10.8. The molecule has 8 heteroatoms. The number of carbonyl (C=O) groups is 2. The van der Waals surface area contributed by atoms with E-state index in [1.807, 2.05) is 31.3 Å². The van der Waals surface area contributed by atoms with E-state index in [9.17, 15) is 9.59 Å². The number of hydrogen-bond donors (Lipinski definition) is 2. The van der Waals surface area contributed by atoms with Crippen molar-refractivity contribution in [3.8, 4) is 17.2 Å². The monoisotopic (exact) mass is 462 g/mol. The molecular weight excluding hydrogens is 436 g/mol. The molecule has 34 heavy (non-hydrogen) atoms. The van der Waals surface area contributed by atoms with Crippen molar-refractivity contribution in [1.82, 2.24) is 0 Å². The van der Waals surface area contributed by atoms with Crippen LogP contribution in [0.25, 0.3) is 0 Å². The Morgan fingerprint density at radius 2 is 1.88 bits per heavy atom. The Morgan fingerprint density at radius 1 is 1.12 bits per heavy atom. The minimum Gasteiger partial charge on any atom is -0.496 e. The number of rotatable bonds is 8. The fourth-order valence-electron chi connectivity index (χ4n) is 3.83. The lowest BCUT2D eigenvalue weighted by molar-refractivity contribution is -0.136. The molecule has 4 rings (SSSR count). The maximum Gasteiger partial charge on any atom is 0.307 e. The number of ether oxygens (including phenoxy) is 3. The fraction of sp³-hybridized carbons (Fsp3) is 0.231. The van der Waals surface area contributed by atoms with Crippen LogP contribution in [0.15, 0.2) is 66.7 Å². The average molecular weight is 463 g/mol. The van der Waals surface area contributed by atoms with Gasteiger partial charge in [-0.15, -0.1) is 0 Å². The van der Waals surface area contributed by atoms with Gasteiger partial charge in [-0.05, 0) is 54.6 Å². The third-order valence-electron chi connectivity index (χ3n) is 5.48. The second-order valence-corrected chi connectivity index (χ2v) is 7.97. The molecule has 0 aliphatic carbocycles. The van der Waals surface area contributed by atoms with Crippen LogP contribution in [0, 0.1) is 0 Å². The second kappa shape index (κ2) is 10.2. The summed E-state index contributed by atoms with van der Waals surface area (Å²) in [5.41, 5.74) is 2.47. The van der Waals surface area contributed by atoms with Crippen molar-refractivity contribution >= 4 is 23.3 Å². The molecule has 0 aromatic heterocycles. The van der Waals surface area contributed by atoms with Crippen LogP contribution in [0.1, 0.15) is 15.9 Å². The largest absolute Gasteiger partial charge is 0.496 e. The van der Waals surface area contributed by atoms with Gasteiger partial charge in [0.25, 0.3) is 5.91 Å². The summed E-state index contributed by atoms with van der Waals surface area (Å²) in [5, 5.41) is 11.9. The van der Waals surface area contributed by atoms with Crippen molar-refractivity contribution in [2.75, 3.05) is 37.5 Å². The molecule has 1 aliphatic heterocycles. The first kappa shape index (κ1) is 23.0. The number of amides is 1. The molecular formula is C26H26N2O6. The standard InChI is InChI=1S/C26H26N2O6/c1-28-15-21(34-24-6-4-3-5-22(24)28)16-33-20-10-7-17(8-11-20)26(31)27-19-9-12-23(32-2)18(13-19)14-25(29)30/h3-13,21H,14-16H2,1-2H3,(H,27,31)(H,29,30)/t21-/m0/s1. The molecule has 0 fully saturated rings. The minimum absolute atomic E-state index is 0.113. The van der Waals surface area contributed by atoms with Crippen LogP contribution in [0.4, 0.5) is 11.4 Å². The highest BCUT2D eigenvalue weighted by Crippen LogP contribution is 2.32. The number of likely N-dealkylation sites (N-methyl/N-ethyl adjacent to an activating group) is 1. The van der Waals surface area contributed by atoms with Crippen molar-refractivity contribution in [1.29, 1.82) is 0 Å². The zero-order valence-corrected chi connectivity index (χ0v) is 19.0. The molecule has 8 nitrogen and oxygen atoms in total. The first-order chi connectivity index (χ1) is 16.4. The van der Waals surface area contributed by atoms with Gasteiger partial charge in [0.2, 0.25) is 0 Å². The summed E-state index contributed by atoms with van der Waals surface area (Å²) in [6.45, 7) is 1.09. The van der Waals surface area contributed by atoms with Gasteiger partial charge in [0.05, 0.1) is 25.8 Å². The molecule has 2 N–H and O–H groups in total. The predicted octanol–water partition coefficient (Wildman–Crippen LogP) is 3.85. The van der Waals surface area contributed by atoms with E-state index in [4.69, 9.17) is 19.3 Å². The summed E-state index contributed by atoms with van der Waals surface area (Å²) >= 11 is 0. The number of para-hydroxylation sites is 2. The molecule has 0 unspecified atom stereocenters. The Bertz CT molecular complexity index is 1180. The molecule has 1 amide bonds. The summed E-state index contributed by atoms with van der Waals surface area (Å²) in [6.07, 6.45) is -0.316. The van der Waals surface area contributed by atoms with Crippen LogP contribution >= 0.6 is 0 Å². The molecule has 0 saturated carbocycles. The van der Waals surface area contributed by atoms with E-state index >= 15 is 0 Å². The summed E-state index contributed by atoms with van der Waals surface area (Å²) in [6, 6.07) is 19.6. The van der Waals surface area contributed by atoms with Gasteiger partial charge >= 0.3 is 5.97 Å². The van der Waals surface area contributed by atoms with Gasteiger partial charge in [-0.2, -0.15) is 0 Å². The molecule has 0 saturated heterocycles. The molecule has 0 spiro atoms. The van der Waals surface area contributed by atoms with E-state index in [2.05, 4.69) is 10.2 Å². The number of nitrogens with zero attached hydrogens (tertiary/aromatic N) is 1. The number of aliphatic carboxylic acids is 1. The van der Waals surface area contributed by atoms with Crippen molar-refractivity contribution in [3.63, 3.8) is 0 Å². The number of benzene rings is 3. The van der Waals surface area contributed by atoms with Gasteiger partial charge in [0.1, 0.15) is 30.0 Å². The number of nitrogens with one attached hydrogen (secondary N) is 1. The number of carboxylic acid groups (broad SMARTS) is 1. The number of carbonyl (C=O) groups excluding carboxylic acids is 1. The Kier molecular flexibility index (Phi) is 6.87. The molecule has 0 radical (unpaired) electrons. The van der Waals surface area contributed by atoms with Gasteiger partial charge in [0, 0.05) is 23.9 Å². The lowest BCUT2D eigenvalue weighted by atomic mass is 10.1. The number of anilines is 2. The third-order valence-corrected chi connectivity index (χ3v) is 5.48. The van der Waals surface area contributed by atoms with Gasteiger partial charge in [-0.25, -0.2) is 0 Å². The van der Waals surface area contributed by atoms with Crippen LogP contribution in [0.2, 0.25) is 0 Å². The Hall–Kier alpha value is -4.20. The van der Waals surface area contributed by atoms with Crippen molar-refractivity contribution < 1.29 is 28.9 Å². The highest BCUT2D eigenvalue weighted by Gasteiger charge is 2.23. The quantitative estimate of drug-likeness (QED) is 0.525. The fourth-order valence-corrected chi connectivity index (χ4v) is 3.83. The zero-order chi connectivity index (χ0) is 24.1. The number of methoxy groups -OCH3 is 1. The smallest absolute Gasteiger partial charge is 0.307 e. The van der Waals surface area contributed by atoms with Crippen LogP contribution < -0.4 is 24.4 Å². The Labute approximate surface area is 197 Å². The molecule has 0 bridgehead atoms. The number of fused-ring (bicyclic) bond motifs is 1. The minimum atomic E-state index is -0.980. The zero-order valence-electron chi connectivity index (χ0n) is 19.0. The van der Waals surface area contributed by atoms with E-state index in [-0.39, 0.29) is 18.4 Å². The second-order valence-electron chi connectivity index (χ2n) is 7.97. The third kappa shape index (κ3) is 5.40. The van der Waals surface area contributed by atoms with Crippen LogP contribution in [-0.4, -0.2) is 50.4 Å². The normalized spacial score (nSPS) is 14.5. The van der Waals surface area contributed by atoms with E-state index in [0.29, 0.717) is 41.5 Å². The lowest BCUT2D eigenvalue weighted by Crippen LogP contribution is -2.41. The maximum atomic E-state index is 12.6. The van der Waals surface area contributed by atoms with Crippen molar-refractivity contribution in [2.45, 2.75) is 12.5 Å². The van der Waals surface area contributed by atoms with Crippen molar-refractivity contribution in [2.24, 2.45) is 0 Å². The summed E-state index contributed by atoms with van der Waals surface area (Å²) < 4.78 is 17.1. The van der Waals surface area contributed by atoms with Gasteiger partial charge in [-0.3, -0.25) is 9.59 Å². The van der Waals surface area contributed by atoms with Gasteiger partial charge in [0.15, 0.2) is 0 Å². The molecule has 3 aromatic carbocycles. The van der Waals surface area contributed by atoms with Crippen molar-refractivity contribution in [3.05, 3.63) is 77.9 Å². The molecule has 1 atom stereocenters. The lowest BCUT2D eigenvalue weighted by Gasteiger charge is -2.33. The molecule has 3 aromatic rings. The Morgan fingerprint density at radius 3 is 2.62 bits per heavy atom. The van der Waals surface area contributed by atoms with E-state index in [1.54, 1.807) is 42.5 Å². The van der Waals surface area contributed by atoms with E-state index in [0.717, 1.165) is 11.4 Å². The maximum absolute atomic E-state index is 12.6. The number of carboxylic acids is 1. The van der Waals surface area contributed by atoms with Crippen LogP contribution in [0.5, 0.6) is 17.2 Å². The van der Waals surface area contributed by atoms with E-state index in [1.165, 1.54) is 7.11 Å². The summed E-state index contributed by atoms with van der Waals surface area (Å²) in [4.78, 5) is 25.9. The van der Waals surface area contributed by atoms with Gasteiger partial charge < -0.3 is 29.5 Å². The van der Waals surface area contributed by atoms with E-state index < -0.39 is 5.97 Å². The van der Waals surface area contributed by atoms with Crippen LogP contribution in [-0.2, 0) is 11.2 Å². The molecule has 176 valence electrons. The predicted molar refractivity (Wildman–Crippen MR) is 128 cm³/mol. The Balaban J connectivity index is 1.35. The SMILES string of the molecule is COc1ccc(NC(=O)c2ccc(OC[C@@H]3CN(C)c4ccccc4O3)cc2)cc1CC(=O)O. The van der Waals surface area contributed by atoms with Crippen LogP contribution in [0.3, 0.4) is 0 Å². The first-order valence-corrected chi connectivity index (χ1v) is 10.8. The molecule has 1 aliphatic rings. The average Bonchev–Trinajstić information content (AvgIpc) is 2.83. The molecule has 1 heterocycles.